The average Bonchev–Trinajstić information content (AvgIpc) is 2.68. The Morgan fingerprint density at radius 2 is 1.85 bits per heavy atom. The lowest BCUT2D eigenvalue weighted by molar-refractivity contribution is 0.312. The maximum Gasteiger partial charge on any atom is 0.191 e. The van der Waals surface area contributed by atoms with Gasteiger partial charge in [0.05, 0.1) is 6.54 Å². The van der Waals surface area contributed by atoms with E-state index in [0.717, 1.165) is 56.6 Å². The van der Waals surface area contributed by atoms with E-state index in [0.29, 0.717) is 12.5 Å². The summed E-state index contributed by atoms with van der Waals surface area (Å²) in [5.41, 5.74) is 1.14. The molecule has 1 aliphatic heterocycles. The topological polar surface area (TPSA) is 55.8 Å². The first-order valence-corrected chi connectivity index (χ1v) is 10.1. The van der Waals surface area contributed by atoms with Gasteiger partial charge in [-0.1, -0.05) is 32.8 Å². The molecule has 0 atom stereocenters. The van der Waals surface area contributed by atoms with Gasteiger partial charge < -0.3 is 20.4 Å². The molecule has 6 heteroatoms. The average molecular weight is 361 g/mol. The van der Waals surface area contributed by atoms with Gasteiger partial charge in [0, 0.05) is 45.5 Å². The van der Waals surface area contributed by atoms with Crippen molar-refractivity contribution < 1.29 is 0 Å². The number of aliphatic imine (C=N–C) groups is 1. The summed E-state index contributed by atoms with van der Waals surface area (Å²) in [5, 5.41) is 6.79. The van der Waals surface area contributed by atoms with Crippen LogP contribution in [0.15, 0.2) is 23.3 Å². The number of nitrogens with one attached hydrogen (secondary N) is 2. The summed E-state index contributed by atoms with van der Waals surface area (Å²) in [6.45, 7) is 13.4. The van der Waals surface area contributed by atoms with Crippen molar-refractivity contribution in [1.29, 1.82) is 0 Å². The summed E-state index contributed by atoms with van der Waals surface area (Å²) in [4.78, 5) is 14.1. The molecule has 2 heterocycles. The molecule has 26 heavy (non-hydrogen) atoms. The number of pyridine rings is 1. The van der Waals surface area contributed by atoms with Crippen LogP contribution in [0.5, 0.6) is 0 Å². The third kappa shape index (κ3) is 6.48. The van der Waals surface area contributed by atoms with Gasteiger partial charge in [-0.2, -0.15) is 0 Å². The highest BCUT2D eigenvalue weighted by Crippen LogP contribution is 2.14. The number of nitrogens with zero attached hydrogens (tertiary/aromatic N) is 4. The summed E-state index contributed by atoms with van der Waals surface area (Å²) >= 11 is 0. The lowest BCUT2D eigenvalue weighted by atomic mass is 10.0. The standard InChI is InChI=1S/C20H36N6/c1-5-17(6-2)14-23-20(21-7-3)24-16-18-8-9-19(22-15-18)26-12-10-25(4)11-13-26/h8-9,15,17H,5-7,10-14,16H2,1-4H3,(H2,21,23,24). The maximum absolute atomic E-state index is 4.71. The van der Waals surface area contributed by atoms with Gasteiger partial charge in [0.1, 0.15) is 5.82 Å². The van der Waals surface area contributed by atoms with Crippen molar-refractivity contribution in [1.82, 2.24) is 20.5 Å². The van der Waals surface area contributed by atoms with Gasteiger partial charge in [-0.15, -0.1) is 0 Å². The van der Waals surface area contributed by atoms with Crippen LogP contribution in [0.25, 0.3) is 0 Å². The van der Waals surface area contributed by atoms with Gasteiger partial charge >= 0.3 is 0 Å². The summed E-state index contributed by atoms with van der Waals surface area (Å²) in [5.74, 6) is 2.66. The van der Waals surface area contributed by atoms with Gasteiger partial charge in [-0.25, -0.2) is 9.98 Å². The van der Waals surface area contributed by atoms with E-state index in [1.54, 1.807) is 0 Å². The second-order valence-electron chi connectivity index (χ2n) is 7.07. The van der Waals surface area contributed by atoms with Crippen molar-refractivity contribution in [2.24, 2.45) is 10.9 Å². The van der Waals surface area contributed by atoms with Crippen LogP contribution in [0.1, 0.15) is 39.2 Å². The van der Waals surface area contributed by atoms with Crippen LogP contribution in [0, 0.1) is 5.92 Å². The predicted octanol–water partition coefficient (Wildman–Crippen LogP) is 2.32. The molecule has 2 rings (SSSR count). The number of aromatic nitrogens is 1. The zero-order chi connectivity index (χ0) is 18.8. The minimum absolute atomic E-state index is 0.647. The second kappa shape index (κ2) is 11.0. The first kappa shape index (κ1) is 20.5. The molecule has 0 bridgehead atoms. The molecule has 0 aliphatic carbocycles. The number of guanidine groups is 1. The Balaban J connectivity index is 1.89. The minimum Gasteiger partial charge on any atom is -0.357 e. The largest absolute Gasteiger partial charge is 0.357 e. The number of hydrogen-bond acceptors (Lipinski definition) is 4. The molecule has 1 aromatic heterocycles. The summed E-state index contributed by atoms with van der Waals surface area (Å²) < 4.78 is 0. The van der Waals surface area contributed by atoms with E-state index in [-0.39, 0.29) is 0 Å². The Hall–Kier alpha value is -1.82. The van der Waals surface area contributed by atoms with Gasteiger partial charge in [0.2, 0.25) is 0 Å². The van der Waals surface area contributed by atoms with Crippen molar-refractivity contribution in [3.05, 3.63) is 23.9 Å². The Bertz CT molecular complexity index is 530. The quantitative estimate of drug-likeness (QED) is 0.550. The van der Waals surface area contributed by atoms with E-state index < -0.39 is 0 Å². The predicted molar refractivity (Wildman–Crippen MR) is 111 cm³/mol. The zero-order valence-corrected chi connectivity index (χ0v) is 17.0. The van der Waals surface area contributed by atoms with Crippen LogP contribution >= 0.6 is 0 Å². The number of likely N-dealkylation sites (N-methyl/N-ethyl adjacent to an activating group) is 1. The molecule has 6 nitrogen and oxygen atoms in total. The van der Waals surface area contributed by atoms with E-state index in [2.05, 4.69) is 65.4 Å². The molecule has 1 aromatic rings. The van der Waals surface area contributed by atoms with Crippen molar-refractivity contribution in [2.45, 2.75) is 40.2 Å². The molecule has 0 spiro atoms. The summed E-state index contributed by atoms with van der Waals surface area (Å²) in [7, 11) is 2.17. The second-order valence-corrected chi connectivity index (χ2v) is 7.07. The van der Waals surface area contributed by atoms with Crippen LogP contribution in [-0.2, 0) is 6.54 Å². The molecular weight excluding hydrogens is 324 g/mol. The van der Waals surface area contributed by atoms with Crippen molar-refractivity contribution in [3.8, 4) is 0 Å². The fourth-order valence-electron chi connectivity index (χ4n) is 3.06. The zero-order valence-electron chi connectivity index (χ0n) is 17.0. The van der Waals surface area contributed by atoms with Gasteiger partial charge in [-0.05, 0) is 31.5 Å². The highest BCUT2D eigenvalue weighted by atomic mass is 15.3. The van der Waals surface area contributed by atoms with Gasteiger partial charge in [-0.3, -0.25) is 0 Å². The molecule has 2 N–H and O–H groups in total. The Labute approximate surface area is 159 Å². The monoisotopic (exact) mass is 360 g/mol. The van der Waals surface area contributed by atoms with Gasteiger partial charge in [0.25, 0.3) is 0 Å². The third-order valence-corrected chi connectivity index (χ3v) is 5.11. The Kier molecular flexibility index (Phi) is 8.68. The van der Waals surface area contributed by atoms with Crippen LogP contribution in [0.3, 0.4) is 0 Å². The third-order valence-electron chi connectivity index (χ3n) is 5.11. The molecule has 1 aliphatic rings. The highest BCUT2D eigenvalue weighted by Gasteiger charge is 2.14. The van der Waals surface area contributed by atoms with Crippen LogP contribution in [0.2, 0.25) is 0 Å². The lowest BCUT2D eigenvalue weighted by Crippen LogP contribution is -2.44. The molecule has 0 unspecified atom stereocenters. The molecule has 0 amide bonds. The molecule has 0 radical (unpaired) electrons. The van der Waals surface area contributed by atoms with E-state index in [1.165, 1.54) is 12.8 Å². The van der Waals surface area contributed by atoms with Crippen molar-refractivity contribution >= 4 is 11.8 Å². The number of rotatable bonds is 8. The first-order valence-electron chi connectivity index (χ1n) is 10.1. The molecule has 1 fully saturated rings. The smallest absolute Gasteiger partial charge is 0.191 e. The first-order chi connectivity index (χ1) is 12.7. The van der Waals surface area contributed by atoms with Crippen LogP contribution in [-0.4, -0.2) is 62.2 Å². The van der Waals surface area contributed by atoms with E-state index >= 15 is 0 Å². The molecular formula is C20H36N6. The fraction of sp³-hybridized carbons (Fsp3) is 0.700. The van der Waals surface area contributed by atoms with Crippen LogP contribution < -0.4 is 15.5 Å². The maximum atomic E-state index is 4.71. The summed E-state index contributed by atoms with van der Waals surface area (Å²) in [6, 6.07) is 4.27. The Morgan fingerprint density at radius 3 is 2.42 bits per heavy atom. The van der Waals surface area contributed by atoms with Crippen molar-refractivity contribution in [3.63, 3.8) is 0 Å². The SMILES string of the molecule is CCNC(=NCc1ccc(N2CCN(C)CC2)nc1)NCC(CC)CC. The number of anilines is 1. The molecule has 146 valence electrons. The summed E-state index contributed by atoms with van der Waals surface area (Å²) in [6.07, 6.45) is 4.35. The lowest BCUT2D eigenvalue weighted by Gasteiger charge is -2.33. The van der Waals surface area contributed by atoms with E-state index in [1.807, 2.05) is 6.20 Å². The van der Waals surface area contributed by atoms with Gasteiger partial charge in [0.15, 0.2) is 5.96 Å². The molecule has 0 aromatic carbocycles. The van der Waals surface area contributed by atoms with E-state index in [4.69, 9.17) is 4.99 Å². The highest BCUT2D eigenvalue weighted by molar-refractivity contribution is 5.79. The van der Waals surface area contributed by atoms with Crippen LogP contribution in [0.4, 0.5) is 5.82 Å². The molecule has 1 saturated heterocycles. The number of hydrogen-bond donors (Lipinski definition) is 2. The normalized spacial score (nSPS) is 16.2. The molecule has 0 saturated carbocycles. The van der Waals surface area contributed by atoms with Crippen molar-refractivity contribution in [2.75, 3.05) is 51.2 Å². The fourth-order valence-corrected chi connectivity index (χ4v) is 3.06. The van der Waals surface area contributed by atoms with E-state index in [9.17, 15) is 0 Å². The minimum atomic E-state index is 0.647. The number of piperazine rings is 1. The Morgan fingerprint density at radius 1 is 1.12 bits per heavy atom.